The summed E-state index contributed by atoms with van der Waals surface area (Å²) in [6.07, 6.45) is 0. The third-order valence-electron chi connectivity index (χ3n) is 4.58. The minimum Gasteiger partial charge on any atom is -0.508 e. The summed E-state index contributed by atoms with van der Waals surface area (Å²) in [6.45, 7) is 0.502. The summed E-state index contributed by atoms with van der Waals surface area (Å²) >= 11 is 0. The highest BCUT2D eigenvalue weighted by atomic mass is 16.3. The second-order valence-corrected chi connectivity index (χ2v) is 6.71. The highest BCUT2D eigenvalue weighted by Gasteiger charge is 2.34. The summed E-state index contributed by atoms with van der Waals surface area (Å²) in [6, 6.07) is 15.7. The van der Waals surface area contributed by atoms with Gasteiger partial charge in [0.1, 0.15) is 5.75 Å². The molecule has 0 fully saturated rings. The van der Waals surface area contributed by atoms with Crippen LogP contribution in [-0.2, 0) is 6.54 Å². The number of anilines is 1. The predicted molar refractivity (Wildman–Crippen MR) is 101 cm³/mol. The molecule has 1 N–H and O–H groups in total. The van der Waals surface area contributed by atoms with Crippen LogP contribution in [0.15, 0.2) is 54.6 Å². The van der Waals surface area contributed by atoms with E-state index in [2.05, 4.69) is 0 Å². The van der Waals surface area contributed by atoms with E-state index in [1.807, 2.05) is 43.3 Å². The zero-order valence-electron chi connectivity index (χ0n) is 14.6. The van der Waals surface area contributed by atoms with E-state index in [0.29, 0.717) is 34.3 Å². The zero-order chi connectivity index (χ0) is 18.4. The monoisotopic (exact) mass is 346 g/mol. The summed E-state index contributed by atoms with van der Waals surface area (Å²) in [5.74, 6) is -0.552. The Morgan fingerprint density at radius 2 is 1.54 bits per heavy atom. The molecule has 0 spiro atoms. The molecule has 130 valence electrons. The van der Waals surface area contributed by atoms with Gasteiger partial charge in [-0.3, -0.25) is 9.59 Å². The molecule has 0 aliphatic carbocycles. The number of benzene rings is 3. The first-order valence-electron chi connectivity index (χ1n) is 8.34. The van der Waals surface area contributed by atoms with Crippen molar-refractivity contribution in [2.45, 2.75) is 6.54 Å². The van der Waals surface area contributed by atoms with Gasteiger partial charge in [0, 0.05) is 28.6 Å². The molecule has 0 saturated carbocycles. The van der Waals surface area contributed by atoms with Crippen LogP contribution >= 0.6 is 0 Å². The lowest BCUT2D eigenvalue weighted by Crippen LogP contribution is -2.40. The van der Waals surface area contributed by atoms with E-state index in [4.69, 9.17) is 0 Å². The van der Waals surface area contributed by atoms with E-state index in [9.17, 15) is 14.7 Å². The second kappa shape index (κ2) is 5.97. The molecule has 3 aromatic carbocycles. The summed E-state index contributed by atoms with van der Waals surface area (Å²) < 4.78 is 0. The largest absolute Gasteiger partial charge is 0.508 e. The number of carbonyl (C=O) groups excluding carboxylic acids is 2. The van der Waals surface area contributed by atoms with E-state index in [-0.39, 0.29) is 17.6 Å². The molecule has 0 aromatic heterocycles. The average molecular weight is 346 g/mol. The molecule has 1 heterocycles. The maximum atomic E-state index is 13.1. The first-order valence-corrected chi connectivity index (χ1v) is 8.34. The van der Waals surface area contributed by atoms with Crippen LogP contribution in [-0.4, -0.2) is 35.9 Å². The topological polar surface area (TPSA) is 60.9 Å². The Morgan fingerprint density at radius 3 is 2.12 bits per heavy atom. The van der Waals surface area contributed by atoms with Gasteiger partial charge >= 0.3 is 0 Å². The molecule has 1 aliphatic heterocycles. The number of phenolic OH excluding ortho intramolecular Hbond substituents is 1. The quantitative estimate of drug-likeness (QED) is 0.739. The standard InChI is InChI=1S/C21H18N2O3/c1-22(2)12-14-11-15(9-10-18(14)24)23-20(25)16-7-3-5-13-6-4-8-17(19(13)16)21(23)26/h3-11,24H,12H2,1-2H3. The van der Waals surface area contributed by atoms with Crippen molar-refractivity contribution in [3.63, 3.8) is 0 Å². The Hall–Kier alpha value is -3.18. The summed E-state index contributed by atoms with van der Waals surface area (Å²) in [5.41, 5.74) is 2.14. The Kier molecular flexibility index (Phi) is 3.74. The van der Waals surface area contributed by atoms with Gasteiger partial charge in [0.2, 0.25) is 0 Å². The highest BCUT2D eigenvalue weighted by molar-refractivity contribution is 6.35. The van der Waals surface area contributed by atoms with Gasteiger partial charge in [-0.05, 0) is 49.8 Å². The normalized spacial score (nSPS) is 13.7. The van der Waals surface area contributed by atoms with Gasteiger partial charge in [0.15, 0.2) is 0 Å². The van der Waals surface area contributed by atoms with Gasteiger partial charge in [-0.2, -0.15) is 0 Å². The van der Waals surface area contributed by atoms with Crippen molar-refractivity contribution >= 4 is 28.3 Å². The number of carbonyl (C=O) groups is 2. The lowest BCUT2D eigenvalue weighted by Gasteiger charge is -2.27. The van der Waals surface area contributed by atoms with Crippen molar-refractivity contribution in [3.8, 4) is 5.75 Å². The number of phenols is 1. The molecule has 2 amide bonds. The van der Waals surface area contributed by atoms with Crippen LogP contribution in [0, 0.1) is 0 Å². The summed E-state index contributed by atoms with van der Waals surface area (Å²) in [7, 11) is 3.78. The van der Waals surface area contributed by atoms with Crippen LogP contribution in [0.25, 0.3) is 10.8 Å². The first kappa shape index (κ1) is 16.3. The summed E-state index contributed by atoms with van der Waals surface area (Å²) in [4.78, 5) is 29.2. The van der Waals surface area contributed by atoms with E-state index in [1.54, 1.807) is 24.3 Å². The van der Waals surface area contributed by atoms with E-state index >= 15 is 0 Å². The third-order valence-corrected chi connectivity index (χ3v) is 4.58. The maximum absolute atomic E-state index is 13.1. The molecule has 5 heteroatoms. The number of aromatic hydroxyl groups is 1. The van der Waals surface area contributed by atoms with Gasteiger partial charge in [-0.1, -0.05) is 24.3 Å². The fourth-order valence-electron chi connectivity index (χ4n) is 3.44. The minimum atomic E-state index is -0.346. The van der Waals surface area contributed by atoms with E-state index in [1.165, 1.54) is 11.0 Å². The van der Waals surface area contributed by atoms with Crippen molar-refractivity contribution in [1.82, 2.24) is 4.90 Å². The van der Waals surface area contributed by atoms with Crippen LogP contribution in [0.3, 0.4) is 0 Å². The SMILES string of the molecule is CN(C)Cc1cc(N2C(=O)c3cccc4cccc(c34)C2=O)ccc1O. The molecule has 0 radical (unpaired) electrons. The van der Waals surface area contributed by atoms with Crippen LogP contribution < -0.4 is 4.90 Å². The van der Waals surface area contributed by atoms with Gasteiger partial charge in [-0.25, -0.2) is 4.90 Å². The number of amides is 2. The lowest BCUT2D eigenvalue weighted by atomic mass is 9.93. The number of hydrogen-bond acceptors (Lipinski definition) is 4. The lowest BCUT2D eigenvalue weighted by molar-refractivity contribution is 0.0893. The molecule has 0 saturated heterocycles. The zero-order valence-corrected chi connectivity index (χ0v) is 14.6. The number of hydrogen-bond donors (Lipinski definition) is 1. The molecule has 5 nitrogen and oxygen atoms in total. The van der Waals surface area contributed by atoms with Gasteiger partial charge in [-0.15, -0.1) is 0 Å². The number of rotatable bonds is 3. The minimum absolute atomic E-state index is 0.141. The van der Waals surface area contributed by atoms with Crippen LogP contribution in [0.2, 0.25) is 0 Å². The Balaban J connectivity index is 1.87. The van der Waals surface area contributed by atoms with E-state index in [0.717, 1.165) is 5.39 Å². The summed E-state index contributed by atoms with van der Waals surface area (Å²) in [5, 5.41) is 11.7. The van der Waals surface area contributed by atoms with Crippen LogP contribution in [0.4, 0.5) is 5.69 Å². The molecule has 26 heavy (non-hydrogen) atoms. The maximum Gasteiger partial charge on any atom is 0.265 e. The van der Waals surface area contributed by atoms with Crippen LogP contribution in [0.1, 0.15) is 26.3 Å². The average Bonchev–Trinajstić information content (AvgIpc) is 2.62. The fourth-order valence-corrected chi connectivity index (χ4v) is 3.44. The fraction of sp³-hybridized carbons (Fsp3) is 0.143. The Bertz CT molecular complexity index is 1010. The second-order valence-electron chi connectivity index (χ2n) is 6.71. The van der Waals surface area contributed by atoms with Crippen molar-refractivity contribution in [2.24, 2.45) is 0 Å². The Labute approximate surface area is 151 Å². The predicted octanol–water partition coefficient (Wildman–Crippen LogP) is 3.41. The molecule has 0 bridgehead atoms. The van der Waals surface area contributed by atoms with Gasteiger partial charge in [0.25, 0.3) is 11.8 Å². The van der Waals surface area contributed by atoms with Crippen molar-refractivity contribution in [1.29, 1.82) is 0 Å². The van der Waals surface area contributed by atoms with Crippen molar-refractivity contribution < 1.29 is 14.7 Å². The van der Waals surface area contributed by atoms with E-state index < -0.39 is 0 Å². The Morgan fingerprint density at radius 1 is 0.923 bits per heavy atom. The molecular formula is C21H18N2O3. The molecule has 0 unspecified atom stereocenters. The van der Waals surface area contributed by atoms with Crippen molar-refractivity contribution in [3.05, 3.63) is 71.3 Å². The molecular weight excluding hydrogens is 328 g/mol. The molecule has 0 atom stereocenters. The molecule has 4 rings (SSSR count). The van der Waals surface area contributed by atoms with Crippen LogP contribution in [0.5, 0.6) is 5.75 Å². The van der Waals surface area contributed by atoms with Gasteiger partial charge < -0.3 is 10.0 Å². The third kappa shape index (κ3) is 2.45. The van der Waals surface area contributed by atoms with Gasteiger partial charge in [0.05, 0.1) is 5.69 Å². The smallest absolute Gasteiger partial charge is 0.265 e. The highest BCUT2D eigenvalue weighted by Crippen LogP contribution is 2.34. The molecule has 1 aliphatic rings. The number of imide groups is 1. The molecule has 3 aromatic rings. The van der Waals surface area contributed by atoms with Crippen molar-refractivity contribution in [2.75, 3.05) is 19.0 Å². The first-order chi connectivity index (χ1) is 12.5. The number of nitrogens with zero attached hydrogens (tertiary/aromatic N) is 2.